The number of carbonyl (C=O) groups excluding carboxylic acids is 1. The number of fused-ring (bicyclic) bond motifs is 3. The Kier molecular flexibility index (Phi) is 5.36. The Morgan fingerprint density at radius 1 is 1.07 bits per heavy atom. The zero-order valence-corrected chi connectivity index (χ0v) is 17.0. The van der Waals surface area contributed by atoms with Crippen LogP contribution < -0.4 is 10.6 Å². The summed E-state index contributed by atoms with van der Waals surface area (Å²) >= 11 is 0. The SMILES string of the molecule is CCN(CC)CCN(C(N)=O)c1ccc(-c2n[nH]c3c2Cc2ccccc2-3)cc1. The highest BCUT2D eigenvalue weighted by molar-refractivity contribution is 5.91. The van der Waals surface area contributed by atoms with Crippen LogP contribution in [0.3, 0.4) is 0 Å². The van der Waals surface area contributed by atoms with Crippen LogP contribution in [0, 0.1) is 0 Å². The van der Waals surface area contributed by atoms with Crippen LogP contribution in [-0.2, 0) is 6.42 Å². The average Bonchev–Trinajstić information content (AvgIpc) is 3.31. The maximum atomic E-state index is 12.0. The average molecular weight is 390 g/mol. The number of benzene rings is 2. The highest BCUT2D eigenvalue weighted by atomic mass is 16.2. The summed E-state index contributed by atoms with van der Waals surface area (Å²) in [6.45, 7) is 7.51. The lowest BCUT2D eigenvalue weighted by Gasteiger charge is -2.25. The first-order chi connectivity index (χ1) is 14.1. The number of urea groups is 1. The van der Waals surface area contributed by atoms with Crippen molar-refractivity contribution >= 4 is 11.7 Å². The number of carbonyl (C=O) groups is 1. The summed E-state index contributed by atoms with van der Waals surface area (Å²) in [5, 5.41) is 7.76. The molecular weight excluding hydrogens is 362 g/mol. The minimum Gasteiger partial charge on any atom is -0.351 e. The van der Waals surface area contributed by atoms with Gasteiger partial charge in [-0.3, -0.25) is 10.00 Å². The van der Waals surface area contributed by atoms with Gasteiger partial charge < -0.3 is 10.6 Å². The smallest absolute Gasteiger partial charge is 0.319 e. The Balaban J connectivity index is 1.55. The van der Waals surface area contributed by atoms with Gasteiger partial charge in [0, 0.05) is 41.9 Å². The Morgan fingerprint density at radius 2 is 1.79 bits per heavy atom. The number of likely N-dealkylation sites (N-methyl/N-ethyl adjacent to an activating group) is 1. The molecule has 0 aliphatic heterocycles. The quantitative estimate of drug-likeness (QED) is 0.504. The summed E-state index contributed by atoms with van der Waals surface area (Å²) in [6.07, 6.45) is 0.885. The van der Waals surface area contributed by atoms with Crippen molar-refractivity contribution in [3.63, 3.8) is 0 Å². The molecule has 0 unspecified atom stereocenters. The van der Waals surface area contributed by atoms with Gasteiger partial charge in [0.1, 0.15) is 0 Å². The third-order valence-electron chi connectivity index (χ3n) is 5.77. The number of hydrogen-bond donors (Lipinski definition) is 2. The molecule has 0 fully saturated rings. The molecule has 0 atom stereocenters. The van der Waals surface area contributed by atoms with Crippen LogP contribution in [0.15, 0.2) is 48.5 Å². The molecule has 1 aromatic heterocycles. The zero-order chi connectivity index (χ0) is 20.4. The van der Waals surface area contributed by atoms with Gasteiger partial charge in [-0.2, -0.15) is 5.10 Å². The number of primary amides is 1. The normalized spacial score (nSPS) is 12.1. The number of aromatic nitrogens is 2. The minimum absolute atomic E-state index is 0.430. The first-order valence-corrected chi connectivity index (χ1v) is 10.2. The van der Waals surface area contributed by atoms with E-state index in [2.05, 4.69) is 53.2 Å². The number of H-pyrrole nitrogens is 1. The van der Waals surface area contributed by atoms with E-state index in [9.17, 15) is 4.79 Å². The van der Waals surface area contributed by atoms with E-state index in [1.165, 1.54) is 16.7 Å². The summed E-state index contributed by atoms with van der Waals surface area (Å²) in [5.74, 6) is 0. The van der Waals surface area contributed by atoms with Crippen LogP contribution >= 0.6 is 0 Å². The molecule has 1 aliphatic carbocycles. The first-order valence-electron chi connectivity index (χ1n) is 10.2. The summed E-state index contributed by atoms with van der Waals surface area (Å²) in [5.41, 5.74) is 13.3. The second-order valence-electron chi connectivity index (χ2n) is 7.32. The largest absolute Gasteiger partial charge is 0.351 e. The first kappa shape index (κ1) is 19.2. The molecule has 0 saturated heterocycles. The molecule has 29 heavy (non-hydrogen) atoms. The standard InChI is InChI=1S/C23H27N5O/c1-3-27(4-2)13-14-28(23(24)29)18-11-9-16(10-12-18)21-20-15-17-7-5-6-8-19(17)22(20)26-25-21/h5-12H,3-4,13-15H2,1-2H3,(H2,24,29)(H,25,26). The zero-order valence-electron chi connectivity index (χ0n) is 17.0. The highest BCUT2D eigenvalue weighted by Gasteiger charge is 2.24. The number of hydrogen-bond acceptors (Lipinski definition) is 3. The topological polar surface area (TPSA) is 78.2 Å². The van der Waals surface area contributed by atoms with Crippen LogP contribution in [0.5, 0.6) is 0 Å². The summed E-state index contributed by atoms with van der Waals surface area (Å²) < 4.78 is 0. The van der Waals surface area contributed by atoms with Crippen LogP contribution in [-0.4, -0.2) is 47.3 Å². The number of nitrogens with zero attached hydrogens (tertiary/aromatic N) is 3. The van der Waals surface area contributed by atoms with Crippen LogP contribution in [0.4, 0.5) is 10.5 Å². The van der Waals surface area contributed by atoms with Gasteiger partial charge in [-0.15, -0.1) is 0 Å². The Hall–Kier alpha value is -3.12. The maximum absolute atomic E-state index is 12.0. The molecule has 150 valence electrons. The number of nitrogens with one attached hydrogen (secondary N) is 1. The summed E-state index contributed by atoms with van der Waals surface area (Å²) in [7, 11) is 0. The molecule has 0 radical (unpaired) electrons. The van der Waals surface area contributed by atoms with Gasteiger partial charge in [0.05, 0.1) is 11.4 Å². The van der Waals surface area contributed by atoms with Crippen molar-refractivity contribution in [3.05, 3.63) is 59.7 Å². The summed E-state index contributed by atoms with van der Waals surface area (Å²) in [4.78, 5) is 15.9. The van der Waals surface area contributed by atoms with Gasteiger partial charge in [0.2, 0.25) is 0 Å². The monoisotopic (exact) mass is 389 g/mol. The molecule has 6 heteroatoms. The molecule has 4 rings (SSSR count). The molecule has 1 heterocycles. The lowest BCUT2D eigenvalue weighted by atomic mass is 10.0. The van der Waals surface area contributed by atoms with Crippen LogP contribution in [0.1, 0.15) is 25.0 Å². The van der Waals surface area contributed by atoms with E-state index >= 15 is 0 Å². The van der Waals surface area contributed by atoms with Gasteiger partial charge >= 0.3 is 6.03 Å². The lowest BCUT2D eigenvalue weighted by Crippen LogP contribution is -2.41. The Morgan fingerprint density at radius 3 is 2.48 bits per heavy atom. The molecule has 3 N–H and O–H groups in total. The van der Waals surface area contributed by atoms with E-state index in [0.29, 0.717) is 6.54 Å². The van der Waals surface area contributed by atoms with Crippen molar-refractivity contribution in [1.82, 2.24) is 15.1 Å². The molecule has 1 aliphatic rings. The van der Waals surface area contributed by atoms with Crippen molar-refractivity contribution in [2.24, 2.45) is 5.73 Å². The van der Waals surface area contributed by atoms with Gasteiger partial charge in [0.15, 0.2) is 0 Å². The fraction of sp³-hybridized carbons (Fsp3) is 0.304. The van der Waals surface area contributed by atoms with Crippen molar-refractivity contribution in [3.8, 4) is 22.5 Å². The van der Waals surface area contributed by atoms with E-state index in [0.717, 1.165) is 48.7 Å². The third-order valence-corrected chi connectivity index (χ3v) is 5.77. The van der Waals surface area contributed by atoms with Crippen molar-refractivity contribution in [2.45, 2.75) is 20.3 Å². The fourth-order valence-electron chi connectivity index (χ4n) is 4.05. The predicted molar refractivity (Wildman–Crippen MR) is 117 cm³/mol. The van der Waals surface area contributed by atoms with Crippen LogP contribution in [0.25, 0.3) is 22.5 Å². The van der Waals surface area contributed by atoms with Crippen molar-refractivity contribution in [2.75, 3.05) is 31.1 Å². The number of nitrogens with two attached hydrogens (primary N) is 1. The van der Waals surface area contributed by atoms with Gasteiger partial charge in [0.25, 0.3) is 0 Å². The highest BCUT2D eigenvalue weighted by Crippen LogP contribution is 2.40. The molecule has 0 bridgehead atoms. The maximum Gasteiger partial charge on any atom is 0.319 e. The molecule has 2 aromatic carbocycles. The molecule has 3 aromatic rings. The lowest BCUT2D eigenvalue weighted by molar-refractivity contribution is 0.251. The van der Waals surface area contributed by atoms with Crippen molar-refractivity contribution in [1.29, 1.82) is 0 Å². The van der Waals surface area contributed by atoms with E-state index in [1.807, 2.05) is 24.3 Å². The number of amides is 2. The Labute approximate surface area is 171 Å². The molecule has 0 saturated carbocycles. The van der Waals surface area contributed by atoms with Crippen LogP contribution in [0.2, 0.25) is 0 Å². The third kappa shape index (κ3) is 3.63. The van der Waals surface area contributed by atoms with E-state index in [1.54, 1.807) is 4.90 Å². The number of anilines is 1. The van der Waals surface area contributed by atoms with Gasteiger partial charge in [-0.1, -0.05) is 50.2 Å². The summed E-state index contributed by atoms with van der Waals surface area (Å²) in [6, 6.07) is 15.9. The second kappa shape index (κ2) is 8.09. The number of rotatable bonds is 7. The van der Waals surface area contributed by atoms with E-state index in [4.69, 9.17) is 5.73 Å². The fourth-order valence-corrected chi connectivity index (χ4v) is 4.05. The van der Waals surface area contributed by atoms with Gasteiger partial charge in [-0.25, -0.2) is 4.79 Å². The van der Waals surface area contributed by atoms with Gasteiger partial charge in [-0.05, 0) is 30.8 Å². The molecule has 0 spiro atoms. The Bertz CT molecular complexity index is 1000. The molecule has 2 amide bonds. The predicted octanol–water partition coefficient (Wildman–Crippen LogP) is 3.87. The molecular formula is C23H27N5O. The number of aromatic amines is 1. The second-order valence-corrected chi connectivity index (χ2v) is 7.32. The van der Waals surface area contributed by atoms with E-state index < -0.39 is 6.03 Å². The van der Waals surface area contributed by atoms with E-state index in [-0.39, 0.29) is 0 Å². The van der Waals surface area contributed by atoms with Crippen molar-refractivity contribution < 1.29 is 4.79 Å². The molecule has 6 nitrogen and oxygen atoms in total. The minimum atomic E-state index is -0.430.